The molecule has 8 heteroatoms. The van der Waals surface area contributed by atoms with Crippen molar-refractivity contribution in [2.45, 2.75) is 12.8 Å². The van der Waals surface area contributed by atoms with Crippen LogP contribution in [-0.4, -0.2) is 36.3 Å². The Labute approximate surface area is 160 Å². The van der Waals surface area contributed by atoms with Crippen LogP contribution in [0.5, 0.6) is 0 Å². The van der Waals surface area contributed by atoms with E-state index in [-0.39, 0.29) is 18.4 Å². The van der Waals surface area contributed by atoms with E-state index in [9.17, 15) is 22.8 Å². The zero-order chi connectivity index (χ0) is 20.1. The molecule has 1 aliphatic rings. The fraction of sp³-hybridized carbons (Fsp3) is 0.300. The molecule has 1 aliphatic heterocycles. The topological polar surface area (TPSA) is 61.4 Å². The second-order valence-corrected chi connectivity index (χ2v) is 6.68. The van der Waals surface area contributed by atoms with E-state index in [4.69, 9.17) is 0 Å². The summed E-state index contributed by atoms with van der Waals surface area (Å²) in [4.78, 5) is 26.2. The van der Waals surface area contributed by atoms with Gasteiger partial charge >= 0.3 is 0 Å². The molecule has 2 aromatic rings. The van der Waals surface area contributed by atoms with Gasteiger partial charge in [-0.3, -0.25) is 14.5 Å². The van der Waals surface area contributed by atoms with Crippen LogP contribution in [0.1, 0.15) is 12.8 Å². The maximum atomic E-state index is 13.6. The molecule has 0 atom stereocenters. The van der Waals surface area contributed by atoms with Crippen LogP contribution in [-0.2, 0) is 9.59 Å². The number of likely N-dealkylation sites (tertiary alicyclic amines) is 1. The smallest absolute Gasteiger partial charge is 0.238 e. The minimum atomic E-state index is -1.62. The average Bonchev–Trinajstić information content (AvgIpc) is 2.70. The van der Waals surface area contributed by atoms with Crippen LogP contribution in [0.15, 0.2) is 42.5 Å². The second-order valence-electron chi connectivity index (χ2n) is 6.68. The molecule has 0 aromatic heterocycles. The van der Waals surface area contributed by atoms with Gasteiger partial charge in [0.2, 0.25) is 11.8 Å². The molecular formula is C20H20F3N3O2. The molecule has 2 amide bonds. The van der Waals surface area contributed by atoms with Gasteiger partial charge in [0.05, 0.1) is 12.2 Å². The highest BCUT2D eigenvalue weighted by atomic mass is 19.2. The maximum Gasteiger partial charge on any atom is 0.238 e. The molecule has 0 bridgehead atoms. The van der Waals surface area contributed by atoms with Gasteiger partial charge in [0.1, 0.15) is 0 Å². The van der Waals surface area contributed by atoms with Crippen LogP contribution in [0.25, 0.3) is 0 Å². The molecular weight excluding hydrogens is 371 g/mol. The Bertz CT molecular complexity index is 853. The summed E-state index contributed by atoms with van der Waals surface area (Å²) in [5.74, 6) is -5.10. The second kappa shape index (κ2) is 8.88. The SMILES string of the molecule is O=C(CN1CCC(C(=O)Nc2ccccc2)CC1)Nc1ccc(F)c(F)c1F. The van der Waals surface area contributed by atoms with E-state index in [1.165, 1.54) is 0 Å². The van der Waals surface area contributed by atoms with Gasteiger partial charge in [0, 0.05) is 11.6 Å². The Kier molecular flexibility index (Phi) is 6.30. The van der Waals surface area contributed by atoms with Crippen molar-refractivity contribution < 1.29 is 22.8 Å². The molecule has 148 valence electrons. The Hall–Kier alpha value is -2.87. The first-order chi connectivity index (χ1) is 13.4. The van der Waals surface area contributed by atoms with Gasteiger partial charge in [-0.2, -0.15) is 0 Å². The lowest BCUT2D eigenvalue weighted by Gasteiger charge is -2.30. The molecule has 28 heavy (non-hydrogen) atoms. The van der Waals surface area contributed by atoms with Gasteiger partial charge < -0.3 is 10.6 Å². The summed E-state index contributed by atoms with van der Waals surface area (Å²) in [5, 5.41) is 5.12. The molecule has 0 saturated carbocycles. The number of hydrogen-bond donors (Lipinski definition) is 2. The summed E-state index contributed by atoms with van der Waals surface area (Å²) >= 11 is 0. The lowest BCUT2D eigenvalue weighted by molar-refractivity contribution is -0.121. The number of amides is 2. The summed E-state index contributed by atoms with van der Waals surface area (Å²) in [6, 6.07) is 10.9. The van der Waals surface area contributed by atoms with Crippen LogP contribution < -0.4 is 10.6 Å². The summed E-state index contributed by atoms with van der Waals surface area (Å²) in [6.45, 7) is 1.03. The molecule has 2 aromatic carbocycles. The molecule has 1 heterocycles. The van der Waals surface area contributed by atoms with Crippen molar-refractivity contribution in [3.05, 3.63) is 59.9 Å². The third-order valence-corrected chi connectivity index (χ3v) is 4.68. The number of nitrogens with zero attached hydrogens (tertiary/aromatic N) is 1. The highest BCUT2D eigenvalue weighted by Gasteiger charge is 2.26. The first kappa shape index (κ1) is 19.9. The lowest BCUT2D eigenvalue weighted by Crippen LogP contribution is -2.41. The Morgan fingerprint density at radius 2 is 1.61 bits per heavy atom. The summed E-state index contributed by atoms with van der Waals surface area (Å²) < 4.78 is 39.8. The normalized spacial score (nSPS) is 15.2. The molecule has 0 unspecified atom stereocenters. The fourth-order valence-electron chi connectivity index (χ4n) is 3.13. The number of piperidine rings is 1. The van der Waals surface area contributed by atoms with Crippen molar-refractivity contribution >= 4 is 23.2 Å². The van der Waals surface area contributed by atoms with Crippen molar-refractivity contribution in [3.8, 4) is 0 Å². The minimum absolute atomic E-state index is 0.0224. The number of carbonyl (C=O) groups is 2. The average molecular weight is 391 g/mol. The third-order valence-electron chi connectivity index (χ3n) is 4.68. The zero-order valence-electron chi connectivity index (χ0n) is 15.1. The van der Waals surface area contributed by atoms with E-state index in [0.29, 0.717) is 25.9 Å². The van der Waals surface area contributed by atoms with Gasteiger partial charge in [0.15, 0.2) is 17.5 Å². The van der Waals surface area contributed by atoms with E-state index < -0.39 is 29.0 Å². The molecule has 0 aliphatic carbocycles. The predicted octanol–water partition coefficient (Wildman–Crippen LogP) is 3.39. The van der Waals surface area contributed by atoms with Crippen LogP contribution >= 0.6 is 0 Å². The third kappa shape index (κ3) is 4.89. The van der Waals surface area contributed by atoms with Crippen LogP contribution in [0, 0.1) is 23.4 Å². The van der Waals surface area contributed by atoms with Gasteiger partial charge in [-0.05, 0) is 50.2 Å². The Morgan fingerprint density at radius 1 is 0.929 bits per heavy atom. The summed E-state index contributed by atoms with van der Waals surface area (Å²) in [7, 11) is 0. The highest BCUT2D eigenvalue weighted by Crippen LogP contribution is 2.21. The van der Waals surface area contributed by atoms with Gasteiger partial charge in [-0.1, -0.05) is 18.2 Å². The van der Waals surface area contributed by atoms with Crippen molar-refractivity contribution in [1.82, 2.24) is 4.90 Å². The van der Waals surface area contributed by atoms with Crippen LogP contribution in [0.4, 0.5) is 24.5 Å². The molecule has 2 N–H and O–H groups in total. The summed E-state index contributed by atoms with van der Waals surface area (Å²) in [6.07, 6.45) is 1.18. The van der Waals surface area contributed by atoms with E-state index in [1.807, 2.05) is 35.2 Å². The van der Waals surface area contributed by atoms with Crippen molar-refractivity contribution in [2.24, 2.45) is 5.92 Å². The predicted molar refractivity (Wildman–Crippen MR) is 99.2 cm³/mol. The van der Waals surface area contributed by atoms with Gasteiger partial charge in [0.25, 0.3) is 0 Å². The van der Waals surface area contributed by atoms with Crippen LogP contribution in [0.2, 0.25) is 0 Å². The zero-order valence-corrected chi connectivity index (χ0v) is 15.1. The van der Waals surface area contributed by atoms with Crippen molar-refractivity contribution in [3.63, 3.8) is 0 Å². The van der Waals surface area contributed by atoms with Crippen molar-refractivity contribution in [2.75, 3.05) is 30.3 Å². The maximum absolute atomic E-state index is 13.6. The molecule has 5 nitrogen and oxygen atoms in total. The molecule has 0 radical (unpaired) electrons. The molecule has 3 rings (SSSR count). The van der Waals surface area contributed by atoms with E-state index in [0.717, 1.165) is 17.8 Å². The van der Waals surface area contributed by atoms with Crippen LogP contribution in [0.3, 0.4) is 0 Å². The quantitative estimate of drug-likeness (QED) is 0.768. The molecule has 1 saturated heterocycles. The highest BCUT2D eigenvalue weighted by molar-refractivity contribution is 5.93. The van der Waals surface area contributed by atoms with E-state index in [1.54, 1.807) is 0 Å². The number of para-hydroxylation sites is 1. The first-order valence-corrected chi connectivity index (χ1v) is 8.95. The van der Waals surface area contributed by atoms with Gasteiger partial charge in [-0.15, -0.1) is 0 Å². The standard InChI is InChI=1S/C20H20F3N3O2/c21-15-6-7-16(19(23)18(15)22)25-17(27)12-26-10-8-13(9-11-26)20(28)24-14-4-2-1-3-5-14/h1-7,13H,8-12H2,(H,24,28)(H,25,27). The van der Waals surface area contributed by atoms with E-state index in [2.05, 4.69) is 10.6 Å². The van der Waals surface area contributed by atoms with Crippen molar-refractivity contribution in [1.29, 1.82) is 0 Å². The number of rotatable bonds is 5. The fourth-order valence-corrected chi connectivity index (χ4v) is 3.13. The number of halogens is 3. The Balaban J connectivity index is 1.47. The summed E-state index contributed by atoms with van der Waals surface area (Å²) in [5.41, 5.74) is 0.337. The lowest BCUT2D eigenvalue weighted by atomic mass is 9.96. The number of nitrogens with one attached hydrogen (secondary N) is 2. The monoisotopic (exact) mass is 391 g/mol. The number of anilines is 2. The number of hydrogen-bond acceptors (Lipinski definition) is 3. The van der Waals surface area contributed by atoms with E-state index >= 15 is 0 Å². The number of benzene rings is 2. The Morgan fingerprint density at radius 3 is 2.29 bits per heavy atom. The van der Waals surface area contributed by atoms with Gasteiger partial charge in [-0.25, -0.2) is 13.2 Å². The molecule has 1 fully saturated rings. The molecule has 0 spiro atoms. The number of carbonyl (C=O) groups excluding carboxylic acids is 2. The minimum Gasteiger partial charge on any atom is -0.326 e. The largest absolute Gasteiger partial charge is 0.326 e. The first-order valence-electron chi connectivity index (χ1n) is 8.95.